The highest BCUT2D eigenvalue weighted by molar-refractivity contribution is 7.89. The fourth-order valence-electron chi connectivity index (χ4n) is 2.87. The molecule has 0 bridgehead atoms. The van der Waals surface area contributed by atoms with Gasteiger partial charge in [0, 0.05) is 20.1 Å². The van der Waals surface area contributed by atoms with Crippen molar-refractivity contribution in [2.24, 2.45) is 0 Å². The smallest absolute Gasteiger partial charge is 0.261 e. The molecule has 1 aliphatic heterocycles. The second kappa shape index (κ2) is 8.10. The molecular formula is C19H18FN3O5S. The van der Waals surface area contributed by atoms with Crippen molar-refractivity contribution >= 4 is 27.7 Å². The first-order valence-electron chi connectivity index (χ1n) is 8.66. The highest BCUT2D eigenvalue weighted by atomic mass is 32.2. The number of rotatable bonds is 7. The third kappa shape index (κ3) is 4.49. The van der Waals surface area contributed by atoms with Crippen LogP contribution in [0.25, 0.3) is 0 Å². The average Bonchev–Trinajstić information content (AvgIpc) is 2.89. The van der Waals surface area contributed by atoms with Crippen LogP contribution in [0.15, 0.2) is 47.4 Å². The van der Waals surface area contributed by atoms with E-state index in [1.807, 2.05) is 0 Å². The number of carbonyl (C=O) groups is 3. The third-order valence-corrected chi connectivity index (χ3v) is 5.82. The number of nitrogens with one attached hydrogen (secondary N) is 2. The molecule has 1 aliphatic rings. The maximum atomic E-state index is 13.1. The van der Waals surface area contributed by atoms with Crippen molar-refractivity contribution in [1.82, 2.24) is 14.9 Å². The van der Waals surface area contributed by atoms with Crippen molar-refractivity contribution in [3.63, 3.8) is 0 Å². The molecule has 0 aliphatic carbocycles. The van der Waals surface area contributed by atoms with Crippen LogP contribution >= 0.6 is 0 Å². The number of hydrogen-bond donors (Lipinski definition) is 2. The molecule has 8 nitrogen and oxygen atoms in total. The first-order chi connectivity index (χ1) is 13.7. The van der Waals surface area contributed by atoms with Gasteiger partial charge in [0.05, 0.1) is 22.4 Å². The molecule has 3 rings (SSSR count). The summed E-state index contributed by atoms with van der Waals surface area (Å²) in [5.41, 5.74) is 0.690. The van der Waals surface area contributed by atoms with Crippen LogP contribution in [0.2, 0.25) is 0 Å². The molecule has 2 aromatic rings. The van der Waals surface area contributed by atoms with Gasteiger partial charge in [0.2, 0.25) is 15.9 Å². The van der Waals surface area contributed by atoms with Crippen LogP contribution in [0.3, 0.4) is 0 Å². The van der Waals surface area contributed by atoms with Gasteiger partial charge in [-0.2, -0.15) is 0 Å². The van der Waals surface area contributed by atoms with Crippen molar-refractivity contribution in [1.29, 1.82) is 0 Å². The van der Waals surface area contributed by atoms with E-state index in [-0.39, 0.29) is 41.4 Å². The van der Waals surface area contributed by atoms with Crippen LogP contribution in [-0.4, -0.2) is 51.2 Å². The molecular weight excluding hydrogens is 401 g/mol. The lowest BCUT2D eigenvalue weighted by atomic mass is 10.1. The summed E-state index contributed by atoms with van der Waals surface area (Å²) in [6.45, 7) is -0.0560. The Labute approximate surface area is 166 Å². The summed E-state index contributed by atoms with van der Waals surface area (Å²) < 4.78 is 40.2. The van der Waals surface area contributed by atoms with E-state index in [2.05, 4.69) is 10.0 Å². The standard InChI is InChI=1S/C19H18FN3O5S/c1-23-18(25)15-6-5-14(11-16(15)19(23)26)29(27,28)22-8-7-21-17(24)10-12-3-2-4-13(20)9-12/h2-6,9,11,22H,7-8,10H2,1H3,(H,21,24). The molecule has 10 heteroatoms. The van der Waals surface area contributed by atoms with Gasteiger partial charge in [0.25, 0.3) is 11.8 Å². The summed E-state index contributed by atoms with van der Waals surface area (Å²) in [5, 5.41) is 2.54. The second-order valence-corrected chi connectivity index (χ2v) is 8.20. The average molecular weight is 419 g/mol. The molecule has 0 aromatic heterocycles. The number of benzene rings is 2. The van der Waals surface area contributed by atoms with Crippen LogP contribution in [0, 0.1) is 5.82 Å². The van der Waals surface area contributed by atoms with Gasteiger partial charge in [0.15, 0.2) is 0 Å². The summed E-state index contributed by atoms with van der Waals surface area (Å²) in [5.74, 6) is -1.86. The Morgan fingerprint density at radius 3 is 2.48 bits per heavy atom. The number of sulfonamides is 1. The zero-order valence-electron chi connectivity index (χ0n) is 15.4. The minimum absolute atomic E-state index is 0.0263. The van der Waals surface area contributed by atoms with Crippen molar-refractivity contribution in [3.05, 3.63) is 65.0 Å². The Morgan fingerprint density at radius 2 is 1.76 bits per heavy atom. The van der Waals surface area contributed by atoms with Crippen LogP contribution < -0.4 is 10.0 Å². The fourth-order valence-corrected chi connectivity index (χ4v) is 3.93. The van der Waals surface area contributed by atoms with Crippen molar-refractivity contribution < 1.29 is 27.2 Å². The van der Waals surface area contributed by atoms with Gasteiger partial charge in [-0.25, -0.2) is 17.5 Å². The largest absolute Gasteiger partial charge is 0.355 e. The van der Waals surface area contributed by atoms with Crippen LogP contribution in [0.5, 0.6) is 0 Å². The number of fused-ring (bicyclic) bond motifs is 1. The van der Waals surface area contributed by atoms with Gasteiger partial charge in [-0.3, -0.25) is 19.3 Å². The topological polar surface area (TPSA) is 113 Å². The van der Waals surface area contributed by atoms with E-state index >= 15 is 0 Å². The number of amides is 3. The molecule has 29 heavy (non-hydrogen) atoms. The van der Waals surface area contributed by atoms with Crippen molar-refractivity contribution in [3.8, 4) is 0 Å². The van der Waals surface area contributed by atoms with E-state index in [9.17, 15) is 27.2 Å². The quantitative estimate of drug-likeness (QED) is 0.507. The van der Waals surface area contributed by atoms with Crippen LogP contribution in [-0.2, 0) is 21.2 Å². The predicted molar refractivity (Wildman–Crippen MR) is 101 cm³/mol. The lowest BCUT2D eigenvalue weighted by Gasteiger charge is -2.09. The van der Waals surface area contributed by atoms with Crippen molar-refractivity contribution in [2.75, 3.05) is 20.1 Å². The van der Waals surface area contributed by atoms with E-state index in [1.54, 1.807) is 6.07 Å². The molecule has 0 fully saturated rings. The molecule has 0 unspecified atom stereocenters. The number of halogens is 1. The highest BCUT2D eigenvalue weighted by Crippen LogP contribution is 2.24. The normalized spacial score (nSPS) is 13.5. The summed E-state index contributed by atoms with van der Waals surface area (Å²) in [4.78, 5) is 36.5. The molecule has 0 spiro atoms. The molecule has 0 atom stereocenters. The van der Waals surface area contributed by atoms with E-state index in [1.165, 1.54) is 37.4 Å². The number of imide groups is 1. The van der Waals surface area contributed by atoms with Gasteiger partial charge in [-0.05, 0) is 35.9 Å². The lowest BCUT2D eigenvalue weighted by Crippen LogP contribution is -2.35. The summed E-state index contributed by atoms with van der Waals surface area (Å²) in [6, 6.07) is 9.34. The minimum atomic E-state index is -3.94. The monoisotopic (exact) mass is 419 g/mol. The first kappa shape index (κ1) is 20.6. The molecule has 3 amide bonds. The molecule has 152 valence electrons. The Balaban J connectivity index is 1.55. The summed E-state index contributed by atoms with van der Waals surface area (Å²) in [7, 11) is -2.61. The van der Waals surface area contributed by atoms with Gasteiger partial charge >= 0.3 is 0 Å². The summed E-state index contributed by atoms with van der Waals surface area (Å²) >= 11 is 0. The van der Waals surface area contributed by atoms with Crippen LogP contribution in [0.1, 0.15) is 26.3 Å². The Bertz CT molecular complexity index is 1100. The molecule has 0 saturated carbocycles. The Morgan fingerprint density at radius 1 is 1.03 bits per heavy atom. The van der Waals surface area contributed by atoms with Gasteiger partial charge in [-0.15, -0.1) is 0 Å². The first-order valence-corrected chi connectivity index (χ1v) is 10.1. The van der Waals surface area contributed by atoms with Gasteiger partial charge in [-0.1, -0.05) is 12.1 Å². The van der Waals surface area contributed by atoms with E-state index in [0.717, 1.165) is 11.0 Å². The minimum Gasteiger partial charge on any atom is -0.355 e. The molecule has 0 radical (unpaired) electrons. The SMILES string of the molecule is CN1C(=O)c2ccc(S(=O)(=O)NCCNC(=O)Cc3cccc(F)c3)cc2C1=O. The molecule has 2 N–H and O–H groups in total. The predicted octanol–water partition coefficient (Wildman–Crippen LogP) is 0.689. The van der Waals surface area contributed by atoms with Gasteiger partial charge in [0.1, 0.15) is 5.82 Å². The van der Waals surface area contributed by atoms with Gasteiger partial charge < -0.3 is 5.32 Å². The molecule has 0 saturated heterocycles. The number of nitrogens with zero attached hydrogens (tertiary/aromatic N) is 1. The Kier molecular flexibility index (Phi) is 5.76. The van der Waals surface area contributed by atoms with E-state index in [0.29, 0.717) is 5.56 Å². The third-order valence-electron chi connectivity index (χ3n) is 4.36. The second-order valence-electron chi connectivity index (χ2n) is 6.43. The number of hydrogen-bond acceptors (Lipinski definition) is 5. The maximum absolute atomic E-state index is 13.1. The zero-order valence-corrected chi connectivity index (χ0v) is 16.3. The molecule has 2 aromatic carbocycles. The van der Waals surface area contributed by atoms with E-state index < -0.39 is 27.7 Å². The lowest BCUT2D eigenvalue weighted by molar-refractivity contribution is -0.120. The highest BCUT2D eigenvalue weighted by Gasteiger charge is 2.33. The van der Waals surface area contributed by atoms with E-state index in [4.69, 9.17) is 0 Å². The fraction of sp³-hybridized carbons (Fsp3) is 0.211. The van der Waals surface area contributed by atoms with Crippen LogP contribution in [0.4, 0.5) is 4.39 Å². The van der Waals surface area contributed by atoms with Crippen molar-refractivity contribution in [2.45, 2.75) is 11.3 Å². The zero-order chi connectivity index (χ0) is 21.2. The maximum Gasteiger partial charge on any atom is 0.261 e. The number of carbonyl (C=O) groups excluding carboxylic acids is 3. The Hall–Kier alpha value is -3.11. The summed E-state index contributed by atoms with van der Waals surface area (Å²) in [6.07, 6.45) is -0.0288. The molecule has 1 heterocycles.